The van der Waals surface area contributed by atoms with Gasteiger partial charge in [-0.05, 0) is 6.92 Å². The third-order valence-electron chi connectivity index (χ3n) is 5.06. The van der Waals surface area contributed by atoms with Gasteiger partial charge in [-0.2, -0.15) is 0 Å². The van der Waals surface area contributed by atoms with E-state index in [0.29, 0.717) is 18.9 Å². The summed E-state index contributed by atoms with van der Waals surface area (Å²) in [5, 5.41) is 3.24. The van der Waals surface area contributed by atoms with E-state index in [1.165, 1.54) is 11.1 Å². The Kier molecular flexibility index (Phi) is 10.5. The van der Waals surface area contributed by atoms with Crippen molar-refractivity contribution in [1.82, 2.24) is 10.2 Å². The van der Waals surface area contributed by atoms with E-state index in [2.05, 4.69) is 89.0 Å². The van der Waals surface area contributed by atoms with Crippen LogP contribution >= 0.6 is 0 Å². The Hall–Kier alpha value is -1.95. The van der Waals surface area contributed by atoms with E-state index in [4.69, 9.17) is 0 Å². The fraction of sp³-hybridized carbons (Fsp3) is 0.625. The molecule has 0 heterocycles. The summed E-state index contributed by atoms with van der Waals surface area (Å²) in [5.41, 5.74) is 3.19. The van der Waals surface area contributed by atoms with E-state index in [1.54, 1.807) is 0 Å². The summed E-state index contributed by atoms with van der Waals surface area (Å²) in [6.07, 6.45) is 3.17. The number of carbonyl (C=O) groups excluding carboxylic acids is 1. The molecule has 1 rings (SSSR count). The second-order valence-corrected chi connectivity index (χ2v) is 9.62. The molecule has 0 saturated carbocycles. The van der Waals surface area contributed by atoms with Gasteiger partial charge >= 0.3 is 177 Å². The number of hydrogen-bond acceptors (Lipinski definition) is 4. The minimum atomic E-state index is -0.436. The Bertz CT molecular complexity index is 710. The van der Waals surface area contributed by atoms with Gasteiger partial charge in [-0.3, -0.25) is 0 Å². The predicted octanol–water partition coefficient (Wildman–Crippen LogP) is 4.02. The Morgan fingerprint density at radius 3 is 2.30 bits per heavy atom. The number of benzene rings is 1. The summed E-state index contributed by atoms with van der Waals surface area (Å²) in [6, 6.07) is 8.17. The number of rotatable bonds is 12. The number of aryl methyl sites for hydroxylation is 1. The Morgan fingerprint density at radius 2 is 1.80 bits per heavy atom. The topological polar surface area (TPSA) is 52.7 Å². The zero-order valence-electron chi connectivity index (χ0n) is 20.2. The van der Waals surface area contributed by atoms with Gasteiger partial charge < -0.3 is 0 Å². The van der Waals surface area contributed by atoms with E-state index in [1.807, 2.05) is 11.9 Å². The summed E-state index contributed by atoms with van der Waals surface area (Å²) in [5.74, 6) is 0.337. The molecule has 30 heavy (non-hydrogen) atoms. The van der Waals surface area contributed by atoms with Crippen LogP contribution in [0.4, 0.5) is 5.69 Å². The van der Waals surface area contributed by atoms with Gasteiger partial charge in [-0.1, -0.05) is 0 Å². The van der Waals surface area contributed by atoms with E-state index < -0.39 is 5.54 Å². The van der Waals surface area contributed by atoms with E-state index in [0.717, 1.165) is 19.4 Å². The Labute approximate surface area is 184 Å². The molecule has 0 fully saturated rings. The zero-order valence-corrected chi connectivity index (χ0v) is 20.2. The van der Waals surface area contributed by atoms with Gasteiger partial charge in [0.15, 0.2) is 0 Å². The molecule has 0 spiro atoms. The molecule has 0 aliphatic carbocycles. The first-order chi connectivity index (χ1) is 13.9. The molecular weight excluding hydrogens is 373 g/mol. The Balaban J connectivity index is 3.00. The molecule has 0 radical (unpaired) electrons. The van der Waals surface area contributed by atoms with E-state index >= 15 is 0 Å². The number of hydrogen-bond donors (Lipinski definition) is 1. The van der Waals surface area contributed by atoms with E-state index in [-0.39, 0.29) is 18.4 Å². The number of allylic oxidation sites excluding steroid dienone is 1. The first-order valence-electron chi connectivity index (χ1n) is 10.9. The minimum absolute atomic E-state index is 0.0240. The maximum atomic E-state index is 13.1. The van der Waals surface area contributed by atoms with Crippen molar-refractivity contribution < 1.29 is 9.50 Å². The molecule has 5 nitrogen and oxygen atoms in total. The van der Waals surface area contributed by atoms with Crippen molar-refractivity contribution in [2.24, 2.45) is 5.92 Å². The fourth-order valence-corrected chi connectivity index (χ4v) is 3.42. The van der Waals surface area contributed by atoms with Gasteiger partial charge in [0.1, 0.15) is 0 Å². The average Bonchev–Trinajstić information content (AvgIpc) is 2.63. The molecule has 6 heteroatoms. The third-order valence-corrected chi connectivity index (χ3v) is 5.06. The van der Waals surface area contributed by atoms with Crippen LogP contribution in [0.1, 0.15) is 53.5 Å². The van der Waals surface area contributed by atoms with Crippen LogP contribution in [-0.2, 0) is 9.50 Å². The van der Waals surface area contributed by atoms with Gasteiger partial charge in [0.2, 0.25) is 0 Å². The monoisotopic (exact) mass is 413 g/mol. The quantitative estimate of drug-likeness (QED) is 0.416. The second kappa shape index (κ2) is 12.0. The SMILES string of the molecule is CC(C)=CCN(CC(C)(C)NC(=O)[C@H](CC(C)C)N(C)CB=O)c1ccc(C)cc1. The number of anilines is 1. The van der Waals surface area contributed by atoms with Gasteiger partial charge in [0, 0.05) is 0 Å². The Morgan fingerprint density at radius 1 is 1.20 bits per heavy atom. The van der Waals surface area contributed by atoms with Crippen LogP contribution in [-0.4, -0.2) is 56.1 Å². The molecule has 1 N–H and O–H groups in total. The fourth-order valence-electron chi connectivity index (χ4n) is 3.42. The molecule has 0 aliphatic heterocycles. The van der Waals surface area contributed by atoms with E-state index in [9.17, 15) is 9.50 Å². The molecule has 0 aromatic heterocycles. The maximum absolute atomic E-state index is 13.1. The van der Waals surface area contributed by atoms with Gasteiger partial charge in [-0.15, -0.1) is 0 Å². The molecule has 1 amide bonds. The van der Waals surface area contributed by atoms with Gasteiger partial charge in [0.25, 0.3) is 0 Å². The van der Waals surface area contributed by atoms with Crippen LogP contribution in [0.5, 0.6) is 0 Å². The van der Waals surface area contributed by atoms with Crippen LogP contribution < -0.4 is 10.2 Å². The first-order valence-corrected chi connectivity index (χ1v) is 10.9. The molecular formula is C24H40BN3O2. The molecule has 0 saturated heterocycles. The molecule has 0 bridgehead atoms. The third kappa shape index (κ3) is 9.25. The molecule has 1 atom stereocenters. The van der Waals surface area contributed by atoms with Gasteiger partial charge in [0.05, 0.1) is 0 Å². The number of nitrogens with zero attached hydrogens (tertiary/aromatic N) is 2. The van der Waals surface area contributed by atoms with Crippen molar-refractivity contribution in [1.29, 1.82) is 0 Å². The summed E-state index contributed by atoms with van der Waals surface area (Å²) < 4.78 is 11.0. The molecule has 1 aromatic rings. The van der Waals surface area contributed by atoms with Crippen molar-refractivity contribution in [2.75, 3.05) is 31.5 Å². The van der Waals surface area contributed by atoms with Crippen LogP contribution in [0.2, 0.25) is 0 Å². The molecule has 166 valence electrons. The number of amides is 1. The summed E-state index contributed by atoms with van der Waals surface area (Å²) in [7, 11) is 2.69. The van der Waals surface area contributed by atoms with Crippen LogP contribution in [0.15, 0.2) is 35.9 Å². The number of carbonyl (C=O) groups is 1. The summed E-state index contributed by atoms with van der Waals surface area (Å²) >= 11 is 0. The van der Waals surface area contributed by atoms with Crippen molar-refractivity contribution >= 4 is 18.7 Å². The summed E-state index contributed by atoms with van der Waals surface area (Å²) in [6.45, 7) is 16.0. The van der Waals surface area contributed by atoms with Crippen LogP contribution in [0, 0.1) is 12.8 Å². The first kappa shape index (κ1) is 26.1. The zero-order chi connectivity index (χ0) is 22.9. The normalized spacial score (nSPS) is 12.5. The second-order valence-electron chi connectivity index (χ2n) is 9.62. The average molecular weight is 413 g/mol. The molecule has 0 aliphatic rings. The standard InChI is InChI=1S/C24H40BN3O2/c1-18(2)13-14-28(21-11-9-20(5)10-12-21)16-24(6,7)26-23(29)22(15-19(3)4)27(8)17-25-30/h9-13,19,22H,14-17H2,1-8H3,(H,26,29)/t22-/m0/s1. The van der Waals surface area contributed by atoms with Crippen molar-refractivity contribution in [3.63, 3.8) is 0 Å². The van der Waals surface area contributed by atoms with Gasteiger partial charge in [-0.25, -0.2) is 0 Å². The van der Waals surface area contributed by atoms with Crippen LogP contribution in [0.3, 0.4) is 0 Å². The number of nitrogens with one attached hydrogen (secondary N) is 1. The van der Waals surface area contributed by atoms with Crippen molar-refractivity contribution in [3.8, 4) is 0 Å². The predicted molar refractivity (Wildman–Crippen MR) is 127 cm³/mol. The number of likely N-dealkylation sites (N-methyl/N-ethyl adjacent to an activating group) is 1. The molecule has 1 aromatic carbocycles. The molecule has 0 unspecified atom stereocenters. The van der Waals surface area contributed by atoms with Crippen LogP contribution in [0.25, 0.3) is 0 Å². The van der Waals surface area contributed by atoms with Crippen molar-refractivity contribution in [3.05, 3.63) is 41.5 Å². The summed E-state index contributed by atoms with van der Waals surface area (Å²) in [4.78, 5) is 17.3. The van der Waals surface area contributed by atoms with Crippen molar-refractivity contribution in [2.45, 2.75) is 66.5 Å².